The Hall–Kier alpha value is -1.29. The summed E-state index contributed by atoms with van der Waals surface area (Å²) in [5, 5.41) is 0. The van der Waals surface area contributed by atoms with Gasteiger partial charge in [0.05, 0.1) is 18.6 Å². The second kappa shape index (κ2) is 5.16. The molecule has 80 valence electrons. The van der Waals surface area contributed by atoms with Gasteiger partial charge < -0.3 is 25.0 Å². The molecule has 16 heavy (non-hydrogen) atoms. The fraction of sp³-hybridized carbons (Fsp3) is 0.375. The van der Waals surface area contributed by atoms with E-state index in [0.717, 1.165) is 0 Å². The Bertz CT molecular complexity index is 535. The third-order valence-corrected chi connectivity index (χ3v) is 2.01. The van der Waals surface area contributed by atoms with Gasteiger partial charge in [-0.15, -0.1) is 0 Å². The minimum atomic E-state index is -0.388. The van der Waals surface area contributed by atoms with Crippen LogP contribution in [0.2, 0.25) is 0 Å². The summed E-state index contributed by atoms with van der Waals surface area (Å²) in [5.41, 5.74) is 7.57. The number of rotatable bonds is 3. The van der Waals surface area contributed by atoms with Crippen molar-refractivity contribution in [3.8, 4) is 0 Å². The van der Waals surface area contributed by atoms with Crippen LogP contribution in [0.25, 0.3) is 16.9 Å². The number of hydrogen-bond donors (Lipinski definition) is 1. The number of H-pyrrole nitrogens is 1. The molecule has 0 saturated heterocycles. The summed E-state index contributed by atoms with van der Waals surface area (Å²) in [5.74, 6) is -0.160. The van der Waals surface area contributed by atoms with E-state index in [4.69, 9.17) is 10.5 Å². The molecule has 0 saturated carbocycles. The normalized spacial score (nSPS) is 10.3. The molecule has 0 radical (unpaired) electrons. The third kappa shape index (κ3) is 2.27. The van der Waals surface area contributed by atoms with Gasteiger partial charge in [-0.05, 0) is 0 Å². The summed E-state index contributed by atoms with van der Waals surface area (Å²) in [4.78, 5) is 21.5. The van der Waals surface area contributed by atoms with Gasteiger partial charge in [0.15, 0.2) is 0 Å². The number of aromatic nitrogens is 4. The summed E-state index contributed by atoms with van der Waals surface area (Å²) in [6, 6.07) is 0. The Morgan fingerprint density at radius 3 is 3.06 bits per heavy atom. The number of fused-ring (bicyclic) bond motifs is 1. The van der Waals surface area contributed by atoms with E-state index >= 15 is 0 Å². The number of nitrogens with zero attached hydrogens (tertiary/aromatic N) is 3. The first kappa shape index (κ1) is 12.8. The van der Waals surface area contributed by atoms with E-state index in [1.54, 1.807) is 11.7 Å². The summed E-state index contributed by atoms with van der Waals surface area (Å²) in [6.07, 6.45) is 1.52. The number of methoxy groups -OCH3 is 1. The van der Waals surface area contributed by atoms with Crippen LogP contribution in [0.5, 0.6) is 0 Å². The molecule has 7 nitrogen and oxygen atoms in total. The Labute approximate surface area is 103 Å². The molecule has 0 bridgehead atoms. The zero-order valence-corrected chi connectivity index (χ0v) is 9.15. The maximum Gasteiger partial charge on any atom is 1.00 e. The van der Waals surface area contributed by atoms with E-state index in [1.165, 1.54) is 6.33 Å². The van der Waals surface area contributed by atoms with E-state index in [0.29, 0.717) is 18.8 Å². The zero-order valence-electron chi connectivity index (χ0n) is 9.15. The van der Waals surface area contributed by atoms with Gasteiger partial charge in [0.2, 0.25) is 5.56 Å². The van der Waals surface area contributed by atoms with Crippen molar-refractivity contribution in [2.75, 3.05) is 13.7 Å². The third-order valence-electron chi connectivity index (χ3n) is 2.01. The molecule has 2 N–H and O–H groups in total. The van der Waals surface area contributed by atoms with Crippen molar-refractivity contribution in [3.05, 3.63) is 22.4 Å². The van der Waals surface area contributed by atoms with Crippen molar-refractivity contribution in [2.45, 2.75) is 6.54 Å². The second-order valence-corrected chi connectivity index (χ2v) is 3.02. The van der Waals surface area contributed by atoms with Gasteiger partial charge in [-0.3, -0.25) is 4.79 Å². The molecule has 0 amide bonds. The average Bonchev–Trinajstić information content (AvgIpc) is 2.58. The molecule has 0 atom stereocenters. The van der Waals surface area contributed by atoms with Crippen molar-refractivity contribution in [2.24, 2.45) is 0 Å². The molecule has 8 heteroatoms. The van der Waals surface area contributed by atoms with Crippen LogP contribution >= 0.6 is 0 Å². The van der Waals surface area contributed by atoms with Crippen molar-refractivity contribution >= 4 is 17.1 Å². The van der Waals surface area contributed by atoms with Gasteiger partial charge >= 0.3 is 18.9 Å². The number of aromatic amines is 1. The molecule has 0 aliphatic carbocycles. The summed E-state index contributed by atoms with van der Waals surface area (Å²) < 4.78 is 6.60. The molecular weight excluding hydrogens is 205 g/mol. The minimum Gasteiger partial charge on any atom is -0.411 e. The molecule has 2 aromatic heterocycles. The van der Waals surface area contributed by atoms with E-state index in [1.807, 2.05) is 0 Å². The quantitative estimate of drug-likeness (QED) is 0.570. The predicted octanol–water partition coefficient (Wildman–Crippen LogP) is -2.55. The van der Waals surface area contributed by atoms with Crippen LogP contribution in [0, 0.1) is 0 Å². The van der Waals surface area contributed by atoms with Crippen LogP contribution in [0.3, 0.4) is 0 Å². The Morgan fingerprint density at radius 2 is 2.38 bits per heavy atom. The van der Waals surface area contributed by atoms with Crippen LogP contribution < -0.4 is 24.4 Å². The van der Waals surface area contributed by atoms with Gasteiger partial charge in [0.25, 0.3) is 0 Å². The standard InChI is InChI=1S/C8H11N5O2.Li/c1-15-3-2-13-4-10-5-6(13)11-8(9)12-7(5)14;/h4H,2-3H2,1H3,(H3,9,11,12,14);/q;+1/p-1. The van der Waals surface area contributed by atoms with Gasteiger partial charge in [-0.25, -0.2) is 4.98 Å². The fourth-order valence-corrected chi connectivity index (χ4v) is 1.31. The summed E-state index contributed by atoms with van der Waals surface area (Å²) in [7, 11) is 1.59. The fourth-order valence-electron chi connectivity index (χ4n) is 1.31. The van der Waals surface area contributed by atoms with Crippen LogP contribution in [0.4, 0.5) is 5.95 Å². The smallest absolute Gasteiger partial charge is 0.411 e. The van der Waals surface area contributed by atoms with E-state index in [2.05, 4.69) is 15.0 Å². The number of imidazole rings is 1. The van der Waals surface area contributed by atoms with E-state index < -0.39 is 0 Å². The van der Waals surface area contributed by atoms with Crippen molar-refractivity contribution < 1.29 is 23.6 Å². The molecule has 0 aliphatic heterocycles. The SMILES string of the molecule is COCCn1cnc2c(=O)[nH]c([NH-])nc21.[Li+]. The predicted molar refractivity (Wildman–Crippen MR) is 54.0 cm³/mol. The molecule has 2 aromatic rings. The first-order valence-electron chi connectivity index (χ1n) is 4.38. The van der Waals surface area contributed by atoms with Gasteiger partial charge in [-0.1, -0.05) is 0 Å². The van der Waals surface area contributed by atoms with Crippen molar-refractivity contribution in [1.82, 2.24) is 19.5 Å². The molecule has 0 spiro atoms. The number of ether oxygens (including phenoxy) is 1. The Morgan fingerprint density at radius 1 is 1.62 bits per heavy atom. The number of nitrogens with one attached hydrogen (secondary N) is 2. The van der Waals surface area contributed by atoms with Crippen LogP contribution in [-0.4, -0.2) is 33.2 Å². The largest absolute Gasteiger partial charge is 1.00 e. The van der Waals surface area contributed by atoms with Crippen molar-refractivity contribution in [3.63, 3.8) is 0 Å². The second-order valence-electron chi connectivity index (χ2n) is 3.02. The van der Waals surface area contributed by atoms with Crippen LogP contribution in [0.1, 0.15) is 0 Å². The van der Waals surface area contributed by atoms with Crippen LogP contribution in [0.15, 0.2) is 11.1 Å². The monoisotopic (exact) mass is 215 g/mol. The van der Waals surface area contributed by atoms with Gasteiger partial charge in [-0.2, -0.15) is 0 Å². The maximum atomic E-state index is 11.4. The van der Waals surface area contributed by atoms with E-state index in [-0.39, 0.29) is 35.9 Å². The van der Waals surface area contributed by atoms with Crippen LogP contribution in [-0.2, 0) is 11.3 Å². The molecular formula is C8H10LiN5O2. The minimum absolute atomic E-state index is 0. The molecule has 0 fully saturated rings. The first-order chi connectivity index (χ1) is 7.22. The zero-order chi connectivity index (χ0) is 10.8. The van der Waals surface area contributed by atoms with Gasteiger partial charge in [0.1, 0.15) is 5.52 Å². The summed E-state index contributed by atoms with van der Waals surface area (Å²) in [6.45, 7) is 1.07. The number of hydrogen-bond acceptors (Lipinski definition) is 4. The maximum absolute atomic E-state index is 11.4. The first-order valence-corrected chi connectivity index (χ1v) is 4.38. The van der Waals surface area contributed by atoms with Gasteiger partial charge in [0, 0.05) is 19.6 Å². The summed E-state index contributed by atoms with van der Waals surface area (Å²) >= 11 is 0. The van der Waals surface area contributed by atoms with E-state index in [9.17, 15) is 4.79 Å². The molecule has 2 rings (SSSR count). The molecule has 2 heterocycles. The average molecular weight is 215 g/mol. The topological polar surface area (TPSA) is 96.6 Å². The molecule has 0 unspecified atom stereocenters. The van der Waals surface area contributed by atoms with Crippen molar-refractivity contribution in [1.29, 1.82) is 0 Å². The molecule has 0 aromatic carbocycles. The Kier molecular flexibility index (Phi) is 4.12. The Balaban J connectivity index is 0.00000128. The molecule has 0 aliphatic rings.